The van der Waals surface area contributed by atoms with Crippen LogP contribution in [0.15, 0.2) is 0 Å². The van der Waals surface area contributed by atoms with E-state index in [9.17, 15) is 4.79 Å². The molecule has 0 saturated carbocycles. The molecule has 1 atom stereocenters. The number of hydrogen-bond donors (Lipinski definition) is 1. The van der Waals surface area contributed by atoms with Crippen LogP contribution in [0.3, 0.4) is 0 Å². The summed E-state index contributed by atoms with van der Waals surface area (Å²) in [5, 5.41) is 8.75. The van der Waals surface area contributed by atoms with E-state index in [-0.39, 0.29) is 18.7 Å². The van der Waals surface area contributed by atoms with Crippen molar-refractivity contribution in [2.75, 3.05) is 20.4 Å². The quantitative estimate of drug-likeness (QED) is 0.646. The minimum atomic E-state index is -0.221. The number of nitrogens with zero attached hydrogens (tertiary/aromatic N) is 1. The van der Waals surface area contributed by atoms with Crippen LogP contribution >= 0.6 is 0 Å². The molecule has 0 heterocycles. The minimum Gasteiger partial charge on any atom is -0.378 e. The molecule has 1 unspecified atom stereocenters. The lowest BCUT2D eigenvalue weighted by Gasteiger charge is -2.16. The molecule has 16 heavy (non-hydrogen) atoms. The lowest BCUT2D eigenvalue weighted by molar-refractivity contribution is -0.133. The molecule has 0 spiro atoms. The van der Waals surface area contributed by atoms with Crippen LogP contribution in [0, 0.1) is 5.92 Å². The minimum absolute atomic E-state index is 0.0400. The maximum atomic E-state index is 11.4. The molecular formula is C12H25NO3. The fraction of sp³-hybridized carbons (Fsp3) is 0.917. The number of carbonyl (C=O) groups excluding carboxylic acids is 1. The van der Waals surface area contributed by atoms with Crippen molar-refractivity contribution in [3.63, 3.8) is 0 Å². The van der Waals surface area contributed by atoms with Gasteiger partial charge in [0.25, 0.3) is 0 Å². The maximum Gasteiger partial charge on any atom is 0.224 e. The number of aliphatic hydroxyl groups is 1. The van der Waals surface area contributed by atoms with Gasteiger partial charge >= 0.3 is 0 Å². The van der Waals surface area contributed by atoms with Gasteiger partial charge in [-0.25, -0.2) is 0 Å². The summed E-state index contributed by atoms with van der Waals surface area (Å²) in [7, 11) is 1.59. The van der Waals surface area contributed by atoms with Crippen LogP contribution in [0.25, 0.3) is 0 Å². The first-order valence-electron chi connectivity index (χ1n) is 5.93. The monoisotopic (exact) mass is 231 g/mol. The lowest BCUT2D eigenvalue weighted by Crippen LogP contribution is -2.28. The Morgan fingerprint density at radius 3 is 2.44 bits per heavy atom. The molecule has 4 nitrogen and oxygen atoms in total. The van der Waals surface area contributed by atoms with Gasteiger partial charge in [-0.2, -0.15) is 0 Å². The molecule has 0 radical (unpaired) electrons. The molecule has 4 heteroatoms. The zero-order valence-corrected chi connectivity index (χ0v) is 10.9. The van der Waals surface area contributed by atoms with Crippen LogP contribution in [0.4, 0.5) is 0 Å². The predicted octanol–water partition coefficient (Wildman–Crippen LogP) is 1.63. The van der Waals surface area contributed by atoms with Crippen molar-refractivity contribution >= 4 is 5.91 Å². The summed E-state index contributed by atoms with van der Waals surface area (Å²) in [6.45, 7) is 6.83. The number of carbonyl (C=O) groups is 1. The summed E-state index contributed by atoms with van der Waals surface area (Å²) in [6, 6.07) is 0. The predicted molar refractivity (Wildman–Crippen MR) is 64.0 cm³/mol. The van der Waals surface area contributed by atoms with Gasteiger partial charge in [-0.1, -0.05) is 13.8 Å². The summed E-state index contributed by atoms with van der Waals surface area (Å²) >= 11 is 0. The Morgan fingerprint density at radius 1 is 1.31 bits per heavy atom. The van der Waals surface area contributed by atoms with Crippen molar-refractivity contribution in [3.8, 4) is 0 Å². The molecule has 1 N–H and O–H groups in total. The third kappa shape index (κ3) is 7.65. The Hall–Kier alpha value is -0.610. The van der Waals surface area contributed by atoms with Gasteiger partial charge in [0.1, 0.15) is 6.73 Å². The maximum absolute atomic E-state index is 11.4. The molecule has 1 amide bonds. The second-order valence-electron chi connectivity index (χ2n) is 4.64. The van der Waals surface area contributed by atoms with Crippen LogP contribution in [0.2, 0.25) is 0 Å². The van der Waals surface area contributed by atoms with Gasteiger partial charge in [0.15, 0.2) is 0 Å². The first kappa shape index (κ1) is 15.4. The third-order valence-electron chi connectivity index (χ3n) is 2.50. The largest absolute Gasteiger partial charge is 0.378 e. The Balaban J connectivity index is 3.57. The second kappa shape index (κ2) is 8.53. The molecular weight excluding hydrogens is 206 g/mol. The standard InChI is InChI=1S/C12H25NO3/c1-10(2)7-8-16-11(3)5-6-12(15)13(4)9-14/h10-11,14H,5-9H2,1-4H3. The Bertz CT molecular complexity index is 195. The fourth-order valence-corrected chi connectivity index (χ4v) is 1.18. The summed E-state index contributed by atoms with van der Waals surface area (Å²) in [5.74, 6) is 0.608. The van der Waals surface area contributed by atoms with Gasteiger partial charge in [0.2, 0.25) is 5.91 Å². The van der Waals surface area contributed by atoms with Crippen molar-refractivity contribution in [1.29, 1.82) is 0 Å². The van der Waals surface area contributed by atoms with Gasteiger partial charge < -0.3 is 14.7 Å². The van der Waals surface area contributed by atoms with E-state index in [0.29, 0.717) is 18.8 Å². The average Bonchev–Trinajstić information content (AvgIpc) is 2.24. The highest BCUT2D eigenvalue weighted by molar-refractivity contribution is 5.75. The van der Waals surface area contributed by atoms with Crippen molar-refractivity contribution in [2.45, 2.75) is 46.1 Å². The van der Waals surface area contributed by atoms with Crippen molar-refractivity contribution < 1.29 is 14.6 Å². The van der Waals surface area contributed by atoms with E-state index in [1.54, 1.807) is 7.05 Å². The van der Waals surface area contributed by atoms with Crippen LogP contribution in [-0.2, 0) is 9.53 Å². The van der Waals surface area contributed by atoms with Crippen molar-refractivity contribution in [2.24, 2.45) is 5.92 Å². The zero-order valence-electron chi connectivity index (χ0n) is 10.9. The van der Waals surface area contributed by atoms with E-state index in [1.165, 1.54) is 4.90 Å². The first-order valence-corrected chi connectivity index (χ1v) is 5.93. The molecule has 0 fully saturated rings. The highest BCUT2D eigenvalue weighted by Gasteiger charge is 2.10. The summed E-state index contributed by atoms with van der Waals surface area (Å²) in [5.41, 5.74) is 0. The van der Waals surface area contributed by atoms with Gasteiger partial charge in [0.05, 0.1) is 6.10 Å². The highest BCUT2D eigenvalue weighted by atomic mass is 16.5. The van der Waals surface area contributed by atoms with Gasteiger partial charge in [0, 0.05) is 20.1 Å². The number of ether oxygens (including phenoxy) is 1. The molecule has 0 aliphatic heterocycles. The van der Waals surface area contributed by atoms with E-state index in [4.69, 9.17) is 9.84 Å². The molecule has 0 aliphatic carbocycles. The molecule has 0 saturated heterocycles. The number of hydrogen-bond acceptors (Lipinski definition) is 3. The number of amides is 1. The lowest BCUT2D eigenvalue weighted by atomic mass is 10.1. The normalized spacial score (nSPS) is 12.9. The van der Waals surface area contributed by atoms with Crippen LogP contribution < -0.4 is 0 Å². The Morgan fingerprint density at radius 2 is 1.94 bits per heavy atom. The van der Waals surface area contributed by atoms with Gasteiger partial charge in [-0.05, 0) is 25.7 Å². The van der Waals surface area contributed by atoms with Crippen LogP contribution in [0.1, 0.15) is 40.0 Å². The molecule has 0 aliphatic rings. The van der Waals surface area contributed by atoms with Crippen LogP contribution in [0.5, 0.6) is 0 Å². The van der Waals surface area contributed by atoms with Crippen molar-refractivity contribution in [3.05, 3.63) is 0 Å². The molecule has 0 aromatic rings. The SMILES string of the molecule is CC(C)CCOC(C)CCC(=O)N(C)CO. The summed E-state index contributed by atoms with van der Waals surface area (Å²) in [4.78, 5) is 12.7. The topological polar surface area (TPSA) is 49.8 Å². The Kier molecular flexibility index (Phi) is 8.21. The third-order valence-corrected chi connectivity index (χ3v) is 2.50. The van der Waals surface area contributed by atoms with E-state index >= 15 is 0 Å². The Labute approximate surface area is 98.6 Å². The molecule has 0 aromatic heterocycles. The number of aliphatic hydroxyl groups excluding tert-OH is 1. The van der Waals surface area contributed by atoms with Crippen LogP contribution in [-0.4, -0.2) is 42.4 Å². The van der Waals surface area contributed by atoms with E-state index in [2.05, 4.69) is 13.8 Å². The van der Waals surface area contributed by atoms with Gasteiger partial charge in [-0.15, -0.1) is 0 Å². The highest BCUT2D eigenvalue weighted by Crippen LogP contribution is 2.06. The first-order chi connectivity index (χ1) is 7.47. The molecule has 0 rings (SSSR count). The smallest absolute Gasteiger partial charge is 0.224 e. The average molecular weight is 231 g/mol. The zero-order chi connectivity index (χ0) is 12.6. The van der Waals surface area contributed by atoms with E-state index < -0.39 is 0 Å². The fourth-order valence-electron chi connectivity index (χ4n) is 1.18. The van der Waals surface area contributed by atoms with Crippen molar-refractivity contribution in [1.82, 2.24) is 4.90 Å². The van der Waals surface area contributed by atoms with E-state index in [0.717, 1.165) is 13.0 Å². The molecule has 0 bridgehead atoms. The summed E-state index contributed by atoms with van der Waals surface area (Å²) in [6.07, 6.45) is 2.30. The van der Waals surface area contributed by atoms with E-state index in [1.807, 2.05) is 6.92 Å². The van der Waals surface area contributed by atoms with Gasteiger partial charge in [-0.3, -0.25) is 4.79 Å². The number of rotatable bonds is 8. The second-order valence-corrected chi connectivity index (χ2v) is 4.64. The summed E-state index contributed by atoms with van der Waals surface area (Å²) < 4.78 is 5.58. The molecule has 96 valence electrons. The molecule has 0 aromatic carbocycles.